The zero-order valence-electron chi connectivity index (χ0n) is 11.9. The second-order valence-corrected chi connectivity index (χ2v) is 4.95. The molecule has 0 bridgehead atoms. The fraction of sp³-hybridized carbons (Fsp3) is 1.00. The maximum atomic E-state index is 3.62. The summed E-state index contributed by atoms with van der Waals surface area (Å²) in [6, 6.07) is 0.788. The molecular weight excluding hydrogens is 194 g/mol. The summed E-state index contributed by atoms with van der Waals surface area (Å²) in [5.74, 6) is 0. The lowest BCUT2D eigenvalue weighted by molar-refractivity contribution is 0.427. The predicted octanol–water partition coefficient (Wildman–Crippen LogP) is 4.91. The van der Waals surface area contributed by atoms with Gasteiger partial charge in [0.05, 0.1) is 0 Å². The molecule has 0 saturated carbocycles. The normalized spacial score (nSPS) is 12.9. The van der Waals surface area contributed by atoms with Crippen molar-refractivity contribution in [1.29, 1.82) is 0 Å². The van der Waals surface area contributed by atoms with Gasteiger partial charge in [0.1, 0.15) is 0 Å². The molecule has 0 aliphatic heterocycles. The Balaban J connectivity index is 3.36. The minimum Gasteiger partial charge on any atom is -0.314 e. The molecule has 0 radical (unpaired) electrons. The predicted molar refractivity (Wildman–Crippen MR) is 75.0 cm³/mol. The van der Waals surface area contributed by atoms with Gasteiger partial charge in [0, 0.05) is 6.04 Å². The van der Waals surface area contributed by atoms with Crippen molar-refractivity contribution < 1.29 is 0 Å². The number of hydrogen-bond donors (Lipinski definition) is 1. The van der Waals surface area contributed by atoms with Crippen molar-refractivity contribution in [2.75, 3.05) is 6.54 Å². The van der Waals surface area contributed by atoms with Crippen molar-refractivity contribution in [2.45, 2.75) is 91.0 Å². The summed E-state index contributed by atoms with van der Waals surface area (Å²) in [6.07, 6.45) is 14.0. The smallest absolute Gasteiger partial charge is 0.00669 e. The molecule has 0 saturated heterocycles. The van der Waals surface area contributed by atoms with Crippen LogP contribution in [-0.2, 0) is 0 Å². The molecular formula is C15H33N. The fourth-order valence-electron chi connectivity index (χ4n) is 2.26. The van der Waals surface area contributed by atoms with Crippen molar-refractivity contribution in [1.82, 2.24) is 5.32 Å². The van der Waals surface area contributed by atoms with Crippen LogP contribution in [0.25, 0.3) is 0 Å². The maximum absolute atomic E-state index is 3.62. The van der Waals surface area contributed by atoms with Gasteiger partial charge < -0.3 is 5.32 Å². The van der Waals surface area contributed by atoms with Crippen LogP contribution in [0, 0.1) is 0 Å². The van der Waals surface area contributed by atoms with Crippen LogP contribution in [0.1, 0.15) is 85.0 Å². The van der Waals surface area contributed by atoms with E-state index in [2.05, 4.69) is 26.1 Å². The Kier molecular flexibility index (Phi) is 13.0. The van der Waals surface area contributed by atoms with Crippen molar-refractivity contribution in [3.8, 4) is 0 Å². The summed E-state index contributed by atoms with van der Waals surface area (Å²) in [7, 11) is 0. The van der Waals surface area contributed by atoms with E-state index in [1.807, 2.05) is 0 Å². The summed E-state index contributed by atoms with van der Waals surface area (Å²) in [5, 5.41) is 3.62. The quantitative estimate of drug-likeness (QED) is 0.467. The van der Waals surface area contributed by atoms with Crippen LogP contribution in [-0.4, -0.2) is 12.6 Å². The van der Waals surface area contributed by atoms with Gasteiger partial charge in [0.25, 0.3) is 0 Å². The minimum absolute atomic E-state index is 0.788. The molecule has 0 amide bonds. The molecule has 98 valence electrons. The minimum atomic E-state index is 0.788. The average molecular weight is 227 g/mol. The van der Waals surface area contributed by atoms with Gasteiger partial charge in [-0.3, -0.25) is 0 Å². The molecule has 1 heteroatoms. The SMILES string of the molecule is CCCCCCCCC(CCCC)NCC. The van der Waals surface area contributed by atoms with E-state index in [0.29, 0.717) is 0 Å². The highest BCUT2D eigenvalue weighted by Crippen LogP contribution is 2.12. The van der Waals surface area contributed by atoms with E-state index >= 15 is 0 Å². The first-order valence-corrected chi connectivity index (χ1v) is 7.58. The van der Waals surface area contributed by atoms with E-state index in [0.717, 1.165) is 12.6 Å². The van der Waals surface area contributed by atoms with Gasteiger partial charge in [0.15, 0.2) is 0 Å². The zero-order chi connectivity index (χ0) is 12.1. The highest BCUT2D eigenvalue weighted by atomic mass is 14.9. The molecule has 1 unspecified atom stereocenters. The van der Waals surface area contributed by atoms with Crippen molar-refractivity contribution in [2.24, 2.45) is 0 Å². The van der Waals surface area contributed by atoms with Crippen LogP contribution in [0.4, 0.5) is 0 Å². The first kappa shape index (κ1) is 16.0. The number of hydrogen-bond acceptors (Lipinski definition) is 1. The summed E-state index contributed by atoms with van der Waals surface area (Å²) < 4.78 is 0. The Morgan fingerprint density at radius 3 is 1.88 bits per heavy atom. The number of rotatable bonds is 12. The third-order valence-electron chi connectivity index (χ3n) is 3.31. The van der Waals surface area contributed by atoms with Gasteiger partial charge in [-0.05, 0) is 19.4 Å². The van der Waals surface area contributed by atoms with E-state index in [1.54, 1.807) is 0 Å². The van der Waals surface area contributed by atoms with E-state index in [1.165, 1.54) is 64.2 Å². The van der Waals surface area contributed by atoms with Gasteiger partial charge in [-0.25, -0.2) is 0 Å². The molecule has 0 aromatic rings. The Morgan fingerprint density at radius 2 is 1.25 bits per heavy atom. The third kappa shape index (κ3) is 10.5. The molecule has 0 aromatic heterocycles. The van der Waals surface area contributed by atoms with Gasteiger partial charge >= 0.3 is 0 Å². The average Bonchev–Trinajstić information content (AvgIpc) is 2.30. The summed E-state index contributed by atoms with van der Waals surface area (Å²) in [6.45, 7) is 7.92. The molecule has 1 nitrogen and oxygen atoms in total. The molecule has 1 N–H and O–H groups in total. The lowest BCUT2D eigenvalue weighted by Crippen LogP contribution is -2.28. The molecule has 1 atom stereocenters. The molecule has 0 spiro atoms. The second-order valence-electron chi connectivity index (χ2n) is 4.95. The highest BCUT2D eigenvalue weighted by molar-refractivity contribution is 4.65. The van der Waals surface area contributed by atoms with Crippen LogP contribution < -0.4 is 5.32 Å². The number of unbranched alkanes of at least 4 members (excludes halogenated alkanes) is 6. The van der Waals surface area contributed by atoms with Crippen LogP contribution in [0.15, 0.2) is 0 Å². The Labute approximate surface area is 103 Å². The van der Waals surface area contributed by atoms with Crippen molar-refractivity contribution in [3.05, 3.63) is 0 Å². The molecule has 0 heterocycles. The summed E-state index contributed by atoms with van der Waals surface area (Å²) in [5.41, 5.74) is 0. The topological polar surface area (TPSA) is 12.0 Å². The molecule has 0 aromatic carbocycles. The molecule has 0 aliphatic carbocycles. The Bertz CT molecular complexity index is 123. The molecule has 0 aliphatic rings. The summed E-state index contributed by atoms with van der Waals surface area (Å²) in [4.78, 5) is 0. The molecule has 16 heavy (non-hydrogen) atoms. The van der Waals surface area contributed by atoms with Gasteiger partial charge in [-0.15, -0.1) is 0 Å². The van der Waals surface area contributed by atoms with Gasteiger partial charge in [-0.2, -0.15) is 0 Å². The third-order valence-corrected chi connectivity index (χ3v) is 3.31. The summed E-state index contributed by atoms with van der Waals surface area (Å²) >= 11 is 0. The highest BCUT2D eigenvalue weighted by Gasteiger charge is 2.05. The van der Waals surface area contributed by atoms with Crippen LogP contribution in [0.2, 0.25) is 0 Å². The lowest BCUT2D eigenvalue weighted by Gasteiger charge is -2.17. The van der Waals surface area contributed by atoms with Crippen LogP contribution in [0.5, 0.6) is 0 Å². The molecule has 0 rings (SSSR count). The zero-order valence-corrected chi connectivity index (χ0v) is 11.9. The largest absolute Gasteiger partial charge is 0.314 e. The first-order valence-electron chi connectivity index (χ1n) is 7.58. The van der Waals surface area contributed by atoms with E-state index in [9.17, 15) is 0 Å². The van der Waals surface area contributed by atoms with Crippen molar-refractivity contribution >= 4 is 0 Å². The van der Waals surface area contributed by atoms with Crippen LogP contribution in [0.3, 0.4) is 0 Å². The second kappa shape index (κ2) is 13.0. The monoisotopic (exact) mass is 227 g/mol. The first-order chi connectivity index (χ1) is 7.85. The Hall–Kier alpha value is -0.0400. The van der Waals surface area contributed by atoms with Crippen molar-refractivity contribution in [3.63, 3.8) is 0 Å². The lowest BCUT2D eigenvalue weighted by atomic mass is 10.0. The van der Waals surface area contributed by atoms with E-state index in [4.69, 9.17) is 0 Å². The van der Waals surface area contributed by atoms with Crippen LogP contribution >= 0.6 is 0 Å². The van der Waals surface area contributed by atoms with E-state index < -0.39 is 0 Å². The number of nitrogens with one attached hydrogen (secondary N) is 1. The maximum Gasteiger partial charge on any atom is 0.00669 e. The van der Waals surface area contributed by atoms with Gasteiger partial charge in [0.2, 0.25) is 0 Å². The molecule has 0 fully saturated rings. The van der Waals surface area contributed by atoms with E-state index in [-0.39, 0.29) is 0 Å². The standard InChI is InChI=1S/C15H33N/c1-4-7-9-10-11-12-14-15(16-6-3)13-8-5-2/h15-16H,4-14H2,1-3H3. The Morgan fingerprint density at radius 1 is 0.688 bits per heavy atom. The van der Waals surface area contributed by atoms with Gasteiger partial charge in [-0.1, -0.05) is 72.1 Å². The fourth-order valence-corrected chi connectivity index (χ4v) is 2.26.